The third-order valence-corrected chi connectivity index (χ3v) is 6.63. The summed E-state index contributed by atoms with van der Waals surface area (Å²) >= 11 is 0. The SMILES string of the molecule is COc1cc(-n2cnc(Nc3nc(N4CCC[C@H]4C)nc4c(OC(C)C)cccc34)c2)cc(OC)c1OC. The first kappa shape index (κ1) is 25.4. The number of para-hydroxylation sites is 1. The lowest BCUT2D eigenvalue weighted by molar-refractivity contribution is 0.245. The van der Waals surface area contributed by atoms with Crippen LogP contribution in [0.3, 0.4) is 0 Å². The number of nitrogens with zero attached hydrogens (tertiary/aromatic N) is 5. The van der Waals surface area contributed by atoms with E-state index in [1.807, 2.05) is 54.9 Å². The lowest BCUT2D eigenvalue weighted by atomic mass is 10.2. The van der Waals surface area contributed by atoms with Gasteiger partial charge in [-0.3, -0.25) is 0 Å². The Morgan fingerprint density at radius 2 is 1.76 bits per heavy atom. The summed E-state index contributed by atoms with van der Waals surface area (Å²) in [6, 6.07) is 10.0. The van der Waals surface area contributed by atoms with Crippen LogP contribution in [0.15, 0.2) is 42.9 Å². The lowest BCUT2D eigenvalue weighted by Crippen LogP contribution is -2.28. The summed E-state index contributed by atoms with van der Waals surface area (Å²) in [6.45, 7) is 7.16. The van der Waals surface area contributed by atoms with Gasteiger partial charge in [-0.05, 0) is 45.7 Å². The molecular formula is C28H34N6O4. The molecular weight excluding hydrogens is 484 g/mol. The zero-order valence-corrected chi connectivity index (χ0v) is 22.7. The van der Waals surface area contributed by atoms with E-state index in [2.05, 4.69) is 22.1 Å². The number of ether oxygens (including phenoxy) is 4. The van der Waals surface area contributed by atoms with Gasteiger partial charge >= 0.3 is 0 Å². The number of nitrogens with one attached hydrogen (secondary N) is 1. The minimum Gasteiger partial charge on any atom is -0.493 e. The first-order valence-corrected chi connectivity index (χ1v) is 12.8. The molecule has 4 aromatic rings. The van der Waals surface area contributed by atoms with Gasteiger partial charge < -0.3 is 33.7 Å². The molecule has 1 atom stereocenters. The van der Waals surface area contributed by atoms with Crippen LogP contribution in [0.5, 0.6) is 23.0 Å². The van der Waals surface area contributed by atoms with Gasteiger partial charge in [-0.1, -0.05) is 6.07 Å². The van der Waals surface area contributed by atoms with Crippen molar-refractivity contribution in [1.29, 1.82) is 0 Å². The number of hydrogen-bond acceptors (Lipinski definition) is 9. The number of anilines is 3. The molecule has 5 rings (SSSR count). The molecule has 2 aromatic heterocycles. The summed E-state index contributed by atoms with van der Waals surface area (Å²) in [7, 11) is 4.77. The number of aromatic nitrogens is 4. The average Bonchev–Trinajstić information content (AvgIpc) is 3.56. The summed E-state index contributed by atoms with van der Waals surface area (Å²) in [6.07, 6.45) is 5.88. The molecule has 200 valence electrons. The molecule has 1 fully saturated rings. The van der Waals surface area contributed by atoms with Crippen LogP contribution in [0.4, 0.5) is 17.6 Å². The summed E-state index contributed by atoms with van der Waals surface area (Å²) < 4.78 is 24.5. The molecule has 1 aliphatic heterocycles. The Kier molecular flexibility index (Phi) is 7.13. The van der Waals surface area contributed by atoms with Gasteiger partial charge in [0.15, 0.2) is 11.5 Å². The molecule has 2 aromatic carbocycles. The van der Waals surface area contributed by atoms with Crippen molar-refractivity contribution in [2.75, 3.05) is 38.1 Å². The van der Waals surface area contributed by atoms with E-state index < -0.39 is 0 Å². The second kappa shape index (κ2) is 10.6. The van der Waals surface area contributed by atoms with Crippen molar-refractivity contribution in [2.24, 2.45) is 0 Å². The van der Waals surface area contributed by atoms with Gasteiger partial charge in [0.2, 0.25) is 11.7 Å². The topological polar surface area (TPSA) is 95.8 Å². The van der Waals surface area contributed by atoms with Crippen molar-refractivity contribution in [1.82, 2.24) is 19.5 Å². The first-order chi connectivity index (χ1) is 18.4. The Hall–Kier alpha value is -4.21. The van der Waals surface area contributed by atoms with Gasteiger partial charge in [-0.2, -0.15) is 4.98 Å². The van der Waals surface area contributed by atoms with E-state index >= 15 is 0 Å². The van der Waals surface area contributed by atoms with Crippen LogP contribution in [0, 0.1) is 0 Å². The van der Waals surface area contributed by atoms with Crippen LogP contribution in [-0.4, -0.2) is 59.5 Å². The highest BCUT2D eigenvalue weighted by Gasteiger charge is 2.25. The number of methoxy groups -OCH3 is 3. The average molecular weight is 519 g/mol. The molecule has 0 saturated carbocycles. The highest BCUT2D eigenvalue weighted by Crippen LogP contribution is 2.39. The zero-order chi connectivity index (χ0) is 26.8. The predicted molar refractivity (Wildman–Crippen MR) is 148 cm³/mol. The van der Waals surface area contributed by atoms with Crippen molar-refractivity contribution < 1.29 is 18.9 Å². The van der Waals surface area contributed by atoms with Gasteiger partial charge in [-0.25, -0.2) is 9.97 Å². The van der Waals surface area contributed by atoms with Crippen LogP contribution in [0.2, 0.25) is 0 Å². The second-order valence-corrected chi connectivity index (χ2v) is 9.55. The van der Waals surface area contributed by atoms with E-state index in [-0.39, 0.29) is 6.10 Å². The molecule has 0 radical (unpaired) electrons. The van der Waals surface area contributed by atoms with E-state index in [1.165, 1.54) is 0 Å². The quantitative estimate of drug-likeness (QED) is 0.314. The van der Waals surface area contributed by atoms with Crippen LogP contribution >= 0.6 is 0 Å². The van der Waals surface area contributed by atoms with Gasteiger partial charge in [0, 0.05) is 30.1 Å². The van der Waals surface area contributed by atoms with E-state index in [0.717, 1.165) is 41.7 Å². The predicted octanol–water partition coefficient (Wildman–Crippen LogP) is 5.36. The summed E-state index contributed by atoms with van der Waals surface area (Å²) in [5.41, 5.74) is 1.59. The first-order valence-electron chi connectivity index (χ1n) is 12.8. The van der Waals surface area contributed by atoms with Crippen LogP contribution in [0.25, 0.3) is 16.6 Å². The molecule has 0 spiro atoms. The van der Waals surface area contributed by atoms with Crippen LogP contribution in [-0.2, 0) is 0 Å². The highest BCUT2D eigenvalue weighted by molar-refractivity contribution is 5.95. The maximum atomic E-state index is 6.11. The van der Waals surface area contributed by atoms with Crippen molar-refractivity contribution in [3.8, 4) is 28.7 Å². The Morgan fingerprint density at radius 3 is 2.39 bits per heavy atom. The molecule has 10 heteroatoms. The van der Waals surface area contributed by atoms with Gasteiger partial charge in [0.05, 0.1) is 39.3 Å². The third kappa shape index (κ3) is 4.85. The van der Waals surface area contributed by atoms with Crippen molar-refractivity contribution >= 4 is 28.5 Å². The van der Waals surface area contributed by atoms with Crippen LogP contribution < -0.4 is 29.2 Å². The summed E-state index contributed by atoms with van der Waals surface area (Å²) in [5, 5.41) is 4.29. The fourth-order valence-electron chi connectivity index (χ4n) is 4.78. The number of hydrogen-bond donors (Lipinski definition) is 1. The number of imidazole rings is 1. The van der Waals surface area contributed by atoms with Crippen molar-refractivity contribution in [3.05, 3.63) is 42.9 Å². The number of fused-ring (bicyclic) bond motifs is 1. The van der Waals surface area contributed by atoms with E-state index in [9.17, 15) is 0 Å². The molecule has 1 N–H and O–H groups in total. The smallest absolute Gasteiger partial charge is 0.228 e. The van der Waals surface area contributed by atoms with Gasteiger partial charge in [0.1, 0.15) is 29.2 Å². The Labute approximate surface area is 222 Å². The fraction of sp³-hybridized carbons (Fsp3) is 0.393. The Bertz CT molecular complexity index is 1410. The van der Waals surface area contributed by atoms with E-state index in [4.69, 9.17) is 28.9 Å². The maximum absolute atomic E-state index is 6.11. The molecule has 3 heterocycles. The standard InChI is InChI=1S/C28H34N6O4/c1-17(2)38-21-11-7-10-20-25(21)31-28(34-12-8-9-18(34)3)32-27(20)30-24-15-33(16-29-24)19-13-22(35-4)26(37-6)23(14-19)36-5/h7,10-11,13-18H,8-9,12H2,1-6H3,(H,30,31,32)/t18-/m1/s1. The van der Waals surface area contributed by atoms with Crippen molar-refractivity contribution in [2.45, 2.75) is 45.8 Å². The lowest BCUT2D eigenvalue weighted by Gasteiger charge is -2.23. The Balaban J connectivity index is 1.55. The number of benzene rings is 2. The fourth-order valence-corrected chi connectivity index (χ4v) is 4.78. The van der Waals surface area contributed by atoms with Crippen LogP contribution in [0.1, 0.15) is 33.6 Å². The maximum Gasteiger partial charge on any atom is 0.228 e. The molecule has 0 unspecified atom stereocenters. The summed E-state index contributed by atoms with van der Waals surface area (Å²) in [5.74, 6) is 4.39. The number of rotatable bonds is 9. The second-order valence-electron chi connectivity index (χ2n) is 9.55. The molecule has 1 aliphatic rings. The van der Waals surface area contributed by atoms with E-state index in [0.29, 0.717) is 40.9 Å². The minimum absolute atomic E-state index is 0.0234. The Morgan fingerprint density at radius 1 is 1.00 bits per heavy atom. The monoisotopic (exact) mass is 518 g/mol. The highest BCUT2D eigenvalue weighted by atomic mass is 16.5. The van der Waals surface area contributed by atoms with E-state index in [1.54, 1.807) is 27.7 Å². The molecule has 38 heavy (non-hydrogen) atoms. The zero-order valence-electron chi connectivity index (χ0n) is 22.7. The van der Waals surface area contributed by atoms with Crippen molar-refractivity contribution in [3.63, 3.8) is 0 Å². The molecule has 0 amide bonds. The summed E-state index contributed by atoms with van der Waals surface area (Å²) in [4.78, 5) is 16.8. The van der Waals surface area contributed by atoms with Gasteiger partial charge in [-0.15, -0.1) is 0 Å². The molecule has 0 bridgehead atoms. The third-order valence-electron chi connectivity index (χ3n) is 6.63. The molecule has 10 nitrogen and oxygen atoms in total. The normalized spacial score (nSPS) is 15.2. The molecule has 1 saturated heterocycles. The molecule has 0 aliphatic carbocycles. The minimum atomic E-state index is 0.0234. The van der Waals surface area contributed by atoms with Gasteiger partial charge in [0.25, 0.3) is 0 Å². The largest absolute Gasteiger partial charge is 0.493 e.